The van der Waals surface area contributed by atoms with Gasteiger partial charge in [0.25, 0.3) is 5.91 Å². The molecule has 0 heterocycles. The van der Waals surface area contributed by atoms with Crippen LogP contribution in [0.3, 0.4) is 0 Å². The number of hydrogen-bond donors (Lipinski definition) is 1. The Balaban J connectivity index is 1.76. The van der Waals surface area contributed by atoms with Gasteiger partial charge in [-0.15, -0.1) is 0 Å². The Bertz CT molecular complexity index is 1150. The number of nitriles is 1. The summed E-state index contributed by atoms with van der Waals surface area (Å²) in [5.41, 5.74) is 3.45. The van der Waals surface area contributed by atoms with Gasteiger partial charge in [0.2, 0.25) is 0 Å². The first-order valence-corrected chi connectivity index (χ1v) is 11.5. The van der Waals surface area contributed by atoms with E-state index in [9.17, 15) is 10.1 Å². The van der Waals surface area contributed by atoms with E-state index in [0.717, 1.165) is 19.2 Å². The molecule has 3 rings (SSSR count). The van der Waals surface area contributed by atoms with Gasteiger partial charge in [0.15, 0.2) is 0 Å². The molecule has 0 spiro atoms. The summed E-state index contributed by atoms with van der Waals surface area (Å²) < 4.78 is 7.54. The summed E-state index contributed by atoms with van der Waals surface area (Å²) in [5.74, 6) is 0.232. The maximum atomic E-state index is 12.5. The van der Waals surface area contributed by atoms with Gasteiger partial charge in [0.1, 0.15) is 24.0 Å². The Kier molecular flexibility index (Phi) is 8.13. The third-order valence-electron chi connectivity index (χ3n) is 4.30. The lowest BCUT2D eigenvalue weighted by Crippen LogP contribution is -2.13. The van der Waals surface area contributed by atoms with Crippen LogP contribution in [0.25, 0.3) is 6.08 Å². The molecule has 0 radical (unpaired) electrons. The largest absolute Gasteiger partial charge is 0.487 e. The zero-order chi connectivity index (χ0) is 22.4. The van der Waals surface area contributed by atoms with Crippen molar-refractivity contribution in [1.82, 2.24) is 0 Å². The number of carbonyl (C=O) groups excluding carboxylic acids is 1. The van der Waals surface area contributed by atoms with E-state index >= 15 is 0 Å². The number of nitrogens with zero attached hydrogens (tertiary/aromatic N) is 1. The smallest absolute Gasteiger partial charge is 0.266 e. The number of amides is 1. The van der Waals surface area contributed by atoms with Crippen LogP contribution in [0.1, 0.15) is 16.7 Å². The van der Waals surface area contributed by atoms with Crippen molar-refractivity contribution in [1.29, 1.82) is 5.26 Å². The monoisotopic (exact) mass is 606 g/mol. The molecule has 0 bridgehead atoms. The van der Waals surface area contributed by atoms with Crippen LogP contribution in [-0.4, -0.2) is 5.91 Å². The molecule has 1 amide bonds. The molecule has 4 nitrogen and oxygen atoms in total. The average molecular weight is 608 g/mol. The van der Waals surface area contributed by atoms with Gasteiger partial charge in [-0.2, -0.15) is 5.26 Å². The van der Waals surface area contributed by atoms with Crippen LogP contribution < -0.4 is 10.1 Å². The van der Waals surface area contributed by atoms with Crippen molar-refractivity contribution < 1.29 is 9.53 Å². The average Bonchev–Trinajstić information content (AvgIpc) is 2.74. The minimum absolute atomic E-state index is 0.0121. The highest BCUT2D eigenvalue weighted by Crippen LogP contribution is 2.33. The molecule has 0 unspecified atom stereocenters. The number of aryl methyl sites for hydroxylation is 1. The van der Waals surface area contributed by atoms with Crippen LogP contribution in [0.5, 0.6) is 5.75 Å². The van der Waals surface area contributed by atoms with Gasteiger partial charge >= 0.3 is 0 Å². The van der Waals surface area contributed by atoms with E-state index in [2.05, 4.69) is 43.8 Å². The lowest BCUT2D eigenvalue weighted by Gasteiger charge is -2.12. The van der Waals surface area contributed by atoms with E-state index in [1.54, 1.807) is 18.2 Å². The minimum atomic E-state index is -0.458. The van der Waals surface area contributed by atoms with Gasteiger partial charge < -0.3 is 10.1 Å². The Morgan fingerprint density at radius 2 is 1.87 bits per heavy atom. The van der Waals surface area contributed by atoms with E-state index in [-0.39, 0.29) is 5.57 Å². The van der Waals surface area contributed by atoms with Crippen molar-refractivity contribution in [2.75, 3.05) is 5.32 Å². The van der Waals surface area contributed by atoms with Crippen LogP contribution in [0.15, 0.2) is 70.7 Å². The quantitative estimate of drug-likeness (QED) is 0.184. The number of benzene rings is 3. The van der Waals surface area contributed by atoms with Crippen molar-refractivity contribution >= 4 is 67.8 Å². The van der Waals surface area contributed by atoms with Gasteiger partial charge in [-0.05, 0) is 99.0 Å². The van der Waals surface area contributed by atoms with Gasteiger partial charge in [-0.25, -0.2) is 0 Å². The minimum Gasteiger partial charge on any atom is -0.487 e. The Morgan fingerprint density at radius 3 is 2.48 bits per heavy atom. The Hall–Kier alpha value is -2.34. The zero-order valence-electron chi connectivity index (χ0n) is 16.5. The fraction of sp³-hybridized carbons (Fsp3) is 0.0833. The summed E-state index contributed by atoms with van der Waals surface area (Å²) in [7, 11) is 0. The van der Waals surface area contributed by atoms with Crippen LogP contribution in [-0.2, 0) is 11.4 Å². The normalized spacial score (nSPS) is 11.0. The van der Waals surface area contributed by atoms with E-state index in [4.69, 9.17) is 16.3 Å². The number of nitrogens with one attached hydrogen (secondary N) is 1. The lowest BCUT2D eigenvalue weighted by atomic mass is 10.1. The highest BCUT2D eigenvalue weighted by molar-refractivity contribution is 14.1. The molecule has 3 aromatic rings. The van der Waals surface area contributed by atoms with Gasteiger partial charge in [0.05, 0.1) is 8.04 Å². The first-order valence-electron chi connectivity index (χ1n) is 9.22. The van der Waals surface area contributed by atoms with Gasteiger partial charge in [-0.1, -0.05) is 41.4 Å². The molecule has 156 valence electrons. The van der Waals surface area contributed by atoms with Crippen molar-refractivity contribution in [3.8, 4) is 11.8 Å². The maximum Gasteiger partial charge on any atom is 0.266 e. The third kappa shape index (κ3) is 6.57. The number of halogens is 3. The molecule has 0 saturated heterocycles. The summed E-state index contributed by atoms with van der Waals surface area (Å²) in [6, 6.07) is 20.5. The molecule has 0 aliphatic rings. The maximum absolute atomic E-state index is 12.5. The molecular formula is C24H17BrClIN2O2. The molecule has 0 saturated carbocycles. The number of hydrogen-bond acceptors (Lipinski definition) is 3. The van der Waals surface area contributed by atoms with Crippen LogP contribution in [0.4, 0.5) is 5.69 Å². The lowest BCUT2D eigenvalue weighted by molar-refractivity contribution is -0.112. The van der Waals surface area contributed by atoms with E-state index in [1.807, 2.05) is 61.5 Å². The fourth-order valence-electron chi connectivity index (χ4n) is 2.69. The predicted octanol–water partition coefficient (Wildman–Crippen LogP) is 7.14. The van der Waals surface area contributed by atoms with E-state index < -0.39 is 5.91 Å². The van der Waals surface area contributed by atoms with Crippen LogP contribution in [0, 0.1) is 21.8 Å². The summed E-state index contributed by atoms with van der Waals surface area (Å²) in [5, 5.41) is 12.9. The molecule has 0 fully saturated rings. The summed E-state index contributed by atoms with van der Waals surface area (Å²) in [6.07, 6.45) is 1.55. The molecule has 31 heavy (non-hydrogen) atoms. The summed E-state index contributed by atoms with van der Waals surface area (Å²) in [4.78, 5) is 12.5. The van der Waals surface area contributed by atoms with E-state index in [1.165, 1.54) is 0 Å². The van der Waals surface area contributed by atoms with Gasteiger partial charge in [0, 0.05) is 10.7 Å². The highest BCUT2D eigenvalue weighted by atomic mass is 127. The van der Waals surface area contributed by atoms with Gasteiger partial charge in [-0.3, -0.25) is 4.79 Å². The molecule has 0 atom stereocenters. The first kappa shape index (κ1) is 23.3. The molecule has 0 aliphatic carbocycles. The summed E-state index contributed by atoms with van der Waals surface area (Å²) >= 11 is 11.6. The molecule has 7 heteroatoms. The summed E-state index contributed by atoms with van der Waals surface area (Å²) in [6.45, 7) is 2.36. The third-order valence-corrected chi connectivity index (χ3v) is 5.94. The standard InChI is InChI=1S/C24H17BrClIN2O2/c1-15-2-8-20(9-3-15)29-24(30)18(13-28)10-17-11-21(25)23(22(27)12-17)31-14-16-4-6-19(26)7-5-16/h2-12H,14H2,1H3,(H,29,30)/b18-10+. The fourth-order valence-corrected chi connectivity index (χ4v) is 4.58. The zero-order valence-corrected chi connectivity index (χ0v) is 21.0. The molecule has 1 N–H and O–H groups in total. The van der Waals surface area contributed by atoms with E-state index in [0.29, 0.717) is 28.6 Å². The molecular weight excluding hydrogens is 591 g/mol. The van der Waals surface area contributed by atoms with Crippen molar-refractivity contribution in [3.63, 3.8) is 0 Å². The second kappa shape index (κ2) is 10.8. The Morgan fingerprint density at radius 1 is 1.19 bits per heavy atom. The Labute approximate surface area is 208 Å². The predicted molar refractivity (Wildman–Crippen MR) is 136 cm³/mol. The topological polar surface area (TPSA) is 62.1 Å². The van der Waals surface area contributed by atoms with Crippen LogP contribution >= 0.6 is 50.1 Å². The molecule has 3 aromatic carbocycles. The van der Waals surface area contributed by atoms with Crippen molar-refractivity contribution in [3.05, 3.63) is 96.0 Å². The second-order valence-electron chi connectivity index (χ2n) is 6.72. The number of carbonyl (C=O) groups is 1. The SMILES string of the molecule is Cc1ccc(NC(=O)/C(C#N)=C/c2cc(Br)c(OCc3ccc(Cl)cc3)c(I)c2)cc1. The number of anilines is 1. The number of ether oxygens (including phenoxy) is 1. The van der Waals surface area contributed by atoms with Crippen molar-refractivity contribution in [2.45, 2.75) is 13.5 Å². The first-order chi connectivity index (χ1) is 14.9. The number of rotatable bonds is 6. The molecule has 0 aliphatic heterocycles. The highest BCUT2D eigenvalue weighted by Gasteiger charge is 2.13. The van der Waals surface area contributed by atoms with Crippen molar-refractivity contribution in [2.24, 2.45) is 0 Å². The molecule has 0 aromatic heterocycles. The second-order valence-corrected chi connectivity index (χ2v) is 9.17. The van der Waals surface area contributed by atoms with Crippen LogP contribution in [0.2, 0.25) is 5.02 Å².